The van der Waals surface area contributed by atoms with Gasteiger partial charge >= 0.3 is 0 Å². The Labute approximate surface area is 180 Å². The van der Waals surface area contributed by atoms with Gasteiger partial charge in [0.05, 0.1) is 6.61 Å². The van der Waals surface area contributed by atoms with E-state index >= 15 is 0 Å². The standard InChI is InChI=1S/C24H26F2N2O3/c25-20-9-4-10-21(26)22(20)24(30)28-13-5-6-17(15-28)16-31-19-8-3-7-18(14-19)23(29)27-11-1-2-12-27/h3-4,7-10,14,17H,1-2,5-6,11-13,15-16H2/t17-/m0/s1. The van der Waals surface area contributed by atoms with Crippen LogP contribution in [0.15, 0.2) is 42.5 Å². The second kappa shape index (κ2) is 9.45. The fourth-order valence-corrected chi connectivity index (χ4v) is 4.28. The van der Waals surface area contributed by atoms with Crippen LogP contribution in [0.25, 0.3) is 0 Å². The molecule has 0 aliphatic carbocycles. The molecule has 0 spiro atoms. The summed E-state index contributed by atoms with van der Waals surface area (Å²) in [6.45, 7) is 2.78. The first-order valence-corrected chi connectivity index (χ1v) is 10.8. The fourth-order valence-electron chi connectivity index (χ4n) is 4.28. The van der Waals surface area contributed by atoms with Crippen LogP contribution in [0.4, 0.5) is 8.78 Å². The molecule has 2 heterocycles. The molecule has 2 fully saturated rings. The van der Waals surface area contributed by atoms with Gasteiger partial charge in [-0.15, -0.1) is 0 Å². The van der Waals surface area contributed by atoms with Crippen molar-refractivity contribution < 1.29 is 23.1 Å². The van der Waals surface area contributed by atoms with E-state index in [4.69, 9.17) is 4.74 Å². The van der Waals surface area contributed by atoms with Crippen molar-refractivity contribution in [3.05, 3.63) is 65.2 Å². The molecule has 7 heteroatoms. The third-order valence-corrected chi connectivity index (χ3v) is 5.94. The van der Waals surface area contributed by atoms with E-state index in [0.717, 1.165) is 50.9 Å². The number of hydrogen-bond acceptors (Lipinski definition) is 3. The van der Waals surface area contributed by atoms with Gasteiger partial charge in [-0.2, -0.15) is 0 Å². The fraction of sp³-hybridized carbons (Fsp3) is 0.417. The number of ether oxygens (including phenoxy) is 1. The molecule has 2 amide bonds. The molecule has 1 atom stereocenters. The number of amides is 2. The summed E-state index contributed by atoms with van der Waals surface area (Å²) in [6, 6.07) is 10.6. The summed E-state index contributed by atoms with van der Waals surface area (Å²) in [5.41, 5.74) is 0.104. The van der Waals surface area contributed by atoms with E-state index < -0.39 is 23.1 Å². The van der Waals surface area contributed by atoms with Gasteiger partial charge in [-0.25, -0.2) is 8.78 Å². The number of rotatable bonds is 5. The zero-order valence-electron chi connectivity index (χ0n) is 17.4. The van der Waals surface area contributed by atoms with E-state index in [0.29, 0.717) is 31.0 Å². The Morgan fingerprint density at radius 2 is 1.58 bits per heavy atom. The summed E-state index contributed by atoms with van der Waals surface area (Å²) in [7, 11) is 0. The number of benzene rings is 2. The van der Waals surface area contributed by atoms with Crippen LogP contribution in [-0.4, -0.2) is 54.4 Å². The van der Waals surface area contributed by atoms with E-state index in [1.165, 1.54) is 11.0 Å². The van der Waals surface area contributed by atoms with E-state index in [9.17, 15) is 18.4 Å². The van der Waals surface area contributed by atoms with Gasteiger partial charge in [-0.3, -0.25) is 9.59 Å². The molecule has 2 aliphatic heterocycles. The number of carbonyl (C=O) groups excluding carboxylic acids is 2. The lowest BCUT2D eigenvalue weighted by Gasteiger charge is -2.32. The van der Waals surface area contributed by atoms with Crippen LogP contribution in [0.2, 0.25) is 0 Å². The molecular weight excluding hydrogens is 402 g/mol. The molecule has 2 saturated heterocycles. The van der Waals surface area contributed by atoms with E-state index in [1.807, 2.05) is 4.90 Å². The number of piperidine rings is 1. The second-order valence-corrected chi connectivity index (χ2v) is 8.19. The van der Waals surface area contributed by atoms with E-state index in [2.05, 4.69) is 0 Å². The van der Waals surface area contributed by atoms with E-state index in [-0.39, 0.29) is 11.8 Å². The van der Waals surface area contributed by atoms with Gasteiger partial charge in [0.25, 0.3) is 11.8 Å². The monoisotopic (exact) mass is 428 g/mol. The van der Waals surface area contributed by atoms with Gasteiger partial charge in [0.15, 0.2) is 0 Å². The molecule has 4 rings (SSSR count). The predicted molar refractivity (Wildman–Crippen MR) is 112 cm³/mol. The minimum Gasteiger partial charge on any atom is -0.493 e. The van der Waals surface area contributed by atoms with Gasteiger partial charge in [0, 0.05) is 37.7 Å². The quantitative estimate of drug-likeness (QED) is 0.720. The molecule has 0 saturated carbocycles. The smallest absolute Gasteiger partial charge is 0.259 e. The van der Waals surface area contributed by atoms with Gasteiger partial charge in [-0.05, 0) is 56.0 Å². The Balaban J connectivity index is 1.36. The summed E-state index contributed by atoms with van der Waals surface area (Å²) >= 11 is 0. The molecule has 0 aromatic heterocycles. The first-order chi connectivity index (χ1) is 15.0. The second-order valence-electron chi connectivity index (χ2n) is 8.19. The van der Waals surface area contributed by atoms with Crippen molar-refractivity contribution >= 4 is 11.8 Å². The van der Waals surface area contributed by atoms with Crippen LogP contribution in [0.5, 0.6) is 5.75 Å². The summed E-state index contributed by atoms with van der Waals surface area (Å²) in [5, 5.41) is 0. The van der Waals surface area contributed by atoms with Crippen LogP contribution >= 0.6 is 0 Å². The average molecular weight is 428 g/mol. The topological polar surface area (TPSA) is 49.9 Å². The predicted octanol–water partition coefficient (Wildman–Crippen LogP) is 4.13. The van der Waals surface area contributed by atoms with Crippen molar-refractivity contribution in [2.45, 2.75) is 25.7 Å². The zero-order valence-corrected chi connectivity index (χ0v) is 17.4. The zero-order chi connectivity index (χ0) is 21.8. The van der Waals surface area contributed by atoms with Crippen molar-refractivity contribution in [1.82, 2.24) is 9.80 Å². The molecule has 164 valence electrons. The maximum absolute atomic E-state index is 14.0. The summed E-state index contributed by atoms with van der Waals surface area (Å²) in [5.74, 6) is -1.65. The molecule has 0 unspecified atom stereocenters. The van der Waals surface area contributed by atoms with Gasteiger partial charge in [-0.1, -0.05) is 12.1 Å². The third-order valence-electron chi connectivity index (χ3n) is 5.94. The van der Waals surface area contributed by atoms with Gasteiger partial charge in [0.1, 0.15) is 22.9 Å². The van der Waals surface area contributed by atoms with Crippen LogP contribution in [-0.2, 0) is 0 Å². The molecule has 2 aromatic rings. The normalized spacial score (nSPS) is 18.8. The first kappa shape index (κ1) is 21.3. The van der Waals surface area contributed by atoms with Crippen LogP contribution in [0.3, 0.4) is 0 Å². The third kappa shape index (κ3) is 4.86. The summed E-state index contributed by atoms with van der Waals surface area (Å²) in [6.07, 6.45) is 3.67. The molecule has 0 radical (unpaired) electrons. The maximum Gasteiger partial charge on any atom is 0.259 e. The number of hydrogen-bond donors (Lipinski definition) is 0. The molecule has 0 bridgehead atoms. The Hall–Kier alpha value is -2.96. The van der Waals surface area contributed by atoms with Crippen molar-refractivity contribution in [2.24, 2.45) is 5.92 Å². The highest BCUT2D eigenvalue weighted by molar-refractivity contribution is 5.95. The van der Waals surface area contributed by atoms with Crippen molar-refractivity contribution in [2.75, 3.05) is 32.8 Å². The number of nitrogens with zero attached hydrogens (tertiary/aromatic N) is 2. The Bertz CT molecular complexity index is 939. The Morgan fingerprint density at radius 1 is 0.903 bits per heavy atom. The number of halogens is 2. The maximum atomic E-state index is 14.0. The van der Waals surface area contributed by atoms with E-state index in [1.54, 1.807) is 24.3 Å². The van der Waals surface area contributed by atoms with Crippen LogP contribution in [0, 0.1) is 17.6 Å². The molecule has 5 nitrogen and oxygen atoms in total. The highest BCUT2D eigenvalue weighted by Crippen LogP contribution is 2.23. The number of carbonyl (C=O) groups is 2. The van der Waals surface area contributed by atoms with Crippen molar-refractivity contribution in [3.63, 3.8) is 0 Å². The Morgan fingerprint density at radius 3 is 2.32 bits per heavy atom. The van der Waals surface area contributed by atoms with Gasteiger partial charge < -0.3 is 14.5 Å². The molecule has 2 aliphatic rings. The highest BCUT2D eigenvalue weighted by Gasteiger charge is 2.28. The molecule has 0 N–H and O–H groups in total. The first-order valence-electron chi connectivity index (χ1n) is 10.8. The average Bonchev–Trinajstić information content (AvgIpc) is 3.32. The minimum absolute atomic E-state index is 0.0179. The Kier molecular flexibility index (Phi) is 6.49. The minimum atomic E-state index is -0.845. The van der Waals surface area contributed by atoms with Crippen LogP contribution in [0.1, 0.15) is 46.4 Å². The van der Waals surface area contributed by atoms with Gasteiger partial charge in [0.2, 0.25) is 0 Å². The van der Waals surface area contributed by atoms with Crippen molar-refractivity contribution in [1.29, 1.82) is 0 Å². The lowest BCUT2D eigenvalue weighted by Crippen LogP contribution is -2.42. The summed E-state index contributed by atoms with van der Waals surface area (Å²) < 4.78 is 33.9. The summed E-state index contributed by atoms with van der Waals surface area (Å²) in [4.78, 5) is 28.6. The largest absolute Gasteiger partial charge is 0.493 e. The van der Waals surface area contributed by atoms with Crippen LogP contribution < -0.4 is 4.74 Å². The number of likely N-dealkylation sites (tertiary alicyclic amines) is 2. The molecule has 2 aromatic carbocycles. The SMILES string of the molecule is O=C(c1cccc(OC[C@H]2CCCN(C(=O)c3c(F)cccc3F)C2)c1)N1CCCC1. The highest BCUT2D eigenvalue weighted by atomic mass is 19.1. The van der Waals surface area contributed by atoms with Crippen molar-refractivity contribution in [3.8, 4) is 5.75 Å². The molecular formula is C24H26F2N2O3. The lowest BCUT2D eigenvalue weighted by molar-refractivity contribution is 0.0623. The molecule has 31 heavy (non-hydrogen) atoms. The lowest BCUT2D eigenvalue weighted by atomic mass is 9.98.